The molecule has 2 unspecified atom stereocenters. The molecular formula is C17H22BrNO4. The van der Waals surface area contributed by atoms with E-state index in [1.165, 1.54) is 0 Å². The molecule has 0 aromatic heterocycles. The quantitative estimate of drug-likeness (QED) is 0.791. The van der Waals surface area contributed by atoms with Crippen molar-refractivity contribution in [1.82, 2.24) is 5.32 Å². The molecule has 0 spiro atoms. The van der Waals surface area contributed by atoms with Gasteiger partial charge in [-0.3, -0.25) is 9.59 Å². The SMILES string of the molecule is CC(C(=O)NCC(C(=O)O)C1CCOCC1)c1ccc(Br)cc1. The topological polar surface area (TPSA) is 75.6 Å². The predicted molar refractivity (Wildman–Crippen MR) is 90.2 cm³/mol. The summed E-state index contributed by atoms with van der Waals surface area (Å²) in [5.41, 5.74) is 0.906. The van der Waals surface area contributed by atoms with E-state index in [2.05, 4.69) is 21.2 Å². The third-order valence-corrected chi connectivity index (χ3v) is 4.94. The second-order valence-electron chi connectivity index (χ2n) is 5.91. The van der Waals surface area contributed by atoms with Gasteiger partial charge in [-0.05, 0) is 43.4 Å². The molecule has 126 valence electrons. The Bertz CT molecular complexity index is 540. The van der Waals surface area contributed by atoms with Crippen molar-refractivity contribution in [2.24, 2.45) is 11.8 Å². The summed E-state index contributed by atoms with van der Waals surface area (Å²) in [5, 5.41) is 12.2. The molecule has 0 aliphatic carbocycles. The van der Waals surface area contributed by atoms with Crippen LogP contribution in [0.15, 0.2) is 28.7 Å². The Morgan fingerprint density at radius 2 is 1.91 bits per heavy atom. The van der Waals surface area contributed by atoms with Crippen molar-refractivity contribution in [3.05, 3.63) is 34.3 Å². The number of aliphatic carboxylic acids is 1. The average molecular weight is 384 g/mol. The maximum atomic E-state index is 12.3. The second kappa shape index (κ2) is 8.45. The van der Waals surface area contributed by atoms with Gasteiger partial charge >= 0.3 is 5.97 Å². The lowest BCUT2D eigenvalue weighted by atomic mass is 9.86. The van der Waals surface area contributed by atoms with Crippen LogP contribution in [0.25, 0.3) is 0 Å². The minimum Gasteiger partial charge on any atom is -0.481 e. The molecule has 1 aromatic rings. The van der Waals surface area contributed by atoms with Gasteiger partial charge in [0.15, 0.2) is 0 Å². The fourth-order valence-corrected chi connectivity index (χ4v) is 3.10. The molecule has 2 rings (SSSR count). The average Bonchev–Trinajstić information content (AvgIpc) is 2.55. The molecule has 1 aromatic carbocycles. The van der Waals surface area contributed by atoms with E-state index in [4.69, 9.17) is 4.74 Å². The Labute approximate surface area is 144 Å². The molecular weight excluding hydrogens is 362 g/mol. The zero-order valence-corrected chi connectivity index (χ0v) is 14.7. The van der Waals surface area contributed by atoms with Gasteiger partial charge in [-0.15, -0.1) is 0 Å². The van der Waals surface area contributed by atoms with Crippen molar-refractivity contribution in [2.45, 2.75) is 25.7 Å². The highest BCUT2D eigenvalue weighted by molar-refractivity contribution is 9.10. The Balaban J connectivity index is 1.92. The number of benzene rings is 1. The summed E-state index contributed by atoms with van der Waals surface area (Å²) in [6.07, 6.45) is 1.46. The van der Waals surface area contributed by atoms with E-state index in [-0.39, 0.29) is 24.3 Å². The first-order chi connectivity index (χ1) is 11.0. The number of carbonyl (C=O) groups is 2. The molecule has 0 saturated carbocycles. The second-order valence-corrected chi connectivity index (χ2v) is 6.83. The summed E-state index contributed by atoms with van der Waals surface area (Å²) in [6.45, 7) is 3.18. The first-order valence-corrected chi connectivity index (χ1v) is 8.62. The van der Waals surface area contributed by atoms with Crippen molar-refractivity contribution in [1.29, 1.82) is 0 Å². The highest BCUT2D eigenvalue weighted by atomic mass is 79.9. The van der Waals surface area contributed by atoms with Crippen LogP contribution in [0.1, 0.15) is 31.2 Å². The number of hydrogen-bond donors (Lipinski definition) is 2. The Kier molecular flexibility index (Phi) is 6.59. The van der Waals surface area contributed by atoms with Gasteiger partial charge in [0.25, 0.3) is 0 Å². The molecule has 1 fully saturated rings. The third kappa shape index (κ3) is 5.04. The van der Waals surface area contributed by atoms with Crippen LogP contribution >= 0.6 is 15.9 Å². The fraction of sp³-hybridized carbons (Fsp3) is 0.529. The van der Waals surface area contributed by atoms with E-state index in [0.717, 1.165) is 22.9 Å². The van der Waals surface area contributed by atoms with Crippen molar-refractivity contribution < 1.29 is 19.4 Å². The fourth-order valence-electron chi connectivity index (χ4n) is 2.84. The van der Waals surface area contributed by atoms with Gasteiger partial charge in [0.1, 0.15) is 0 Å². The summed E-state index contributed by atoms with van der Waals surface area (Å²) in [5.74, 6) is -1.81. The van der Waals surface area contributed by atoms with Crippen molar-refractivity contribution >= 4 is 27.8 Å². The lowest BCUT2D eigenvalue weighted by molar-refractivity contribution is -0.145. The van der Waals surface area contributed by atoms with Crippen LogP contribution in [0.2, 0.25) is 0 Å². The minimum absolute atomic E-state index is 0.0598. The molecule has 0 radical (unpaired) electrons. The number of ether oxygens (including phenoxy) is 1. The maximum Gasteiger partial charge on any atom is 0.308 e. The summed E-state index contributed by atoms with van der Waals surface area (Å²) in [6, 6.07) is 7.56. The van der Waals surface area contributed by atoms with Crippen LogP contribution in [0.3, 0.4) is 0 Å². The van der Waals surface area contributed by atoms with E-state index >= 15 is 0 Å². The number of nitrogens with one attached hydrogen (secondary N) is 1. The van der Waals surface area contributed by atoms with Gasteiger partial charge in [-0.1, -0.05) is 28.1 Å². The molecule has 23 heavy (non-hydrogen) atoms. The normalized spacial score (nSPS) is 18.2. The monoisotopic (exact) mass is 383 g/mol. The van der Waals surface area contributed by atoms with Crippen LogP contribution in [0, 0.1) is 11.8 Å². The number of amides is 1. The van der Waals surface area contributed by atoms with Crippen LogP contribution < -0.4 is 5.32 Å². The molecule has 1 amide bonds. The largest absolute Gasteiger partial charge is 0.481 e. The molecule has 1 aliphatic rings. The van der Waals surface area contributed by atoms with E-state index in [1.807, 2.05) is 31.2 Å². The Hall–Kier alpha value is -1.40. The van der Waals surface area contributed by atoms with Gasteiger partial charge in [-0.2, -0.15) is 0 Å². The van der Waals surface area contributed by atoms with E-state index < -0.39 is 11.9 Å². The van der Waals surface area contributed by atoms with E-state index in [0.29, 0.717) is 13.2 Å². The molecule has 2 N–H and O–H groups in total. The highest BCUT2D eigenvalue weighted by Crippen LogP contribution is 2.24. The lowest BCUT2D eigenvalue weighted by Gasteiger charge is -2.28. The minimum atomic E-state index is -0.853. The summed E-state index contributed by atoms with van der Waals surface area (Å²) in [7, 11) is 0. The van der Waals surface area contributed by atoms with Crippen LogP contribution in [-0.2, 0) is 14.3 Å². The molecule has 1 aliphatic heterocycles. The first-order valence-electron chi connectivity index (χ1n) is 7.82. The number of carbonyl (C=O) groups excluding carboxylic acids is 1. The van der Waals surface area contributed by atoms with Crippen molar-refractivity contribution in [3.63, 3.8) is 0 Å². The van der Waals surface area contributed by atoms with Crippen molar-refractivity contribution in [2.75, 3.05) is 19.8 Å². The van der Waals surface area contributed by atoms with E-state index in [1.54, 1.807) is 0 Å². The van der Waals surface area contributed by atoms with Crippen LogP contribution in [0.5, 0.6) is 0 Å². The third-order valence-electron chi connectivity index (χ3n) is 4.41. The smallest absolute Gasteiger partial charge is 0.308 e. The van der Waals surface area contributed by atoms with E-state index in [9.17, 15) is 14.7 Å². The van der Waals surface area contributed by atoms with Gasteiger partial charge < -0.3 is 15.2 Å². The zero-order chi connectivity index (χ0) is 16.8. The molecule has 6 heteroatoms. The number of carboxylic acid groups (broad SMARTS) is 1. The number of hydrogen-bond acceptors (Lipinski definition) is 3. The number of halogens is 1. The maximum absolute atomic E-state index is 12.3. The highest BCUT2D eigenvalue weighted by Gasteiger charge is 2.30. The molecule has 0 bridgehead atoms. The van der Waals surface area contributed by atoms with Gasteiger partial charge in [0, 0.05) is 24.2 Å². The summed E-state index contributed by atoms with van der Waals surface area (Å²) in [4.78, 5) is 23.8. The number of rotatable bonds is 6. The Morgan fingerprint density at radius 3 is 2.48 bits per heavy atom. The molecule has 1 heterocycles. The first kappa shape index (κ1) is 17.9. The molecule has 5 nitrogen and oxygen atoms in total. The predicted octanol–water partition coefficient (Wildman–Crippen LogP) is 2.80. The summed E-state index contributed by atoms with van der Waals surface area (Å²) >= 11 is 3.37. The number of carboxylic acids is 1. The van der Waals surface area contributed by atoms with Gasteiger partial charge in [-0.25, -0.2) is 0 Å². The molecule has 2 atom stereocenters. The standard InChI is InChI=1S/C17H22BrNO4/c1-11(12-2-4-14(18)5-3-12)16(20)19-10-15(17(21)22)13-6-8-23-9-7-13/h2-5,11,13,15H,6-10H2,1H3,(H,19,20)(H,21,22). The Morgan fingerprint density at radius 1 is 1.30 bits per heavy atom. The van der Waals surface area contributed by atoms with Gasteiger partial charge in [0.05, 0.1) is 11.8 Å². The molecule has 1 saturated heterocycles. The van der Waals surface area contributed by atoms with Crippen LogP contribution in [-0.4, -0.2) is 36.7 Å². The lowest BCUT2D eigenvalue weighted by Crippen LogP contribution is -2.40. The zero-order valence-electron chi connectivity index (χ0n) is 13.1. The van der Waals surface area contributed by atoms with Crippen LogP contribution in [0.4, 0.5) is 0 Å². The summed E-state index contributed by atoms with van der Waals surface area (Å²) < 4.78 is 6.23. The van der Waals surface area contributed by atoms with Gasteiger partial charge in [0.2, 0.25) is 5.91 Å². The van der Waals surface area contributed by atoms with Crippen molar-refractivity contribution in [3.8, 4) is 0 Å².